The largest absolute Gasteiger partial charge is 0.504 e. The summed E-state index contributed by atoms with van der Waals surface area (Å²) < 4.78 is 65.8. The third-order valence-electron chi connectivity index (χ3n) is 5.62. The number of benzene rings is 4. The van der Waals surface area contributed by atoms with Crippen LogP contribution in [0.2, 0.25) is 0 Å². The molecule has 5 rings (SSSR count). The van der Waals surface area contributed by atoms with Crippen molar-refractivity contribution in [2.75, 3.05) is 0 Å². The Balaban J connectivity index is 1.59. The van der Waals surface area contributed by atoms with Crippen LogP contribution in [0.1, 0.15) is 11.4 Å². The van der Waals surface area contributed by atoms with E-state index in [-0.39, 0.29) is 16.5 Å². The molecular weight excluding hydrogens is 532 g/mol. The van der Waals surface area contributed by atoms with Gasteiger partial charge < -0.3 is 10.1 Å². The molecule has 1 aromatic heterocycles. The molecule has 0 atom stereocenters. The van der Waals surface area contributed by atoms with Gasteiger partial charge in [0.25, 0.3) is 20.2 Å². The van der Waals surface area contributed by atoms with E-state index in [2.05, 4.69) is 20.2 Å². The smallest absolute Gasteiger partial charge is 0.298 e. The molecule has 0 aliphatic heterocycles. The minimum Gasteiger partial charge on any atom is -0.504 e. The van der Waals surface area contributed by atoms with Crippen molar-refractivity contribution >= 4 is 65.6 Å². The van der Waals surface area contributed by atoms with E-state index in [0.29, 0.717) is 17.1 Å². The highest BCUT2D eigenvalue weighted by Gasteiger charge is 2.23. The molecule has 0 radical (unpaired) electrons. The normalized spacial score (nSPS) is 12.8. The highest BCUT2D eigenvalue weighted by atomic mass is 32.2. The first-order valence-corrected chi connectivity index (χ1v) is 13.8. The summed E-state index contributed by atoms with van der Waals surface area (Å²) in [6, 6.07) is 18.6. The zero-order valence-electron chi connectivity index (χ0n) is 19.2. The van der Waals surface area contributed by atoms with E-state index in [9.17, 15) is 31.0 Å². The summed E-state index contributed by atoms with van der Waals surface area (Å²) in [6.45, 7) is 0. The third kappa shape index (κ3) is 5.03. The Morgan fingerprint density at radius 1 is 0.816 bits per heavy atom. The van der Waals surface area contributed by atoms with Crippen LogP contribution in [0.5, 0.6) is 5.75 Å². The Hall–Kier alpha value is -4.43. The van der Waals surface area contributed by atoms with Crippen LogP contribution in [-0.2, 0) is 20.2 Å². The number of hydrogen-bond donors (Lipinski definition) is 4. The average Bonchev–Trinajstić information content (AvgIpc) is 3.29. The monoisotopic (exact) mass is 550 g/mol. The Morgan fingerprint density at radius 3 is 2.29 bits per heavy atom. The van der Waals surface area contributed by atoms with Crippen molar-refractivity contribution in [2.45, 2.75) is 9.79 Å². The minimum atomic E-state index is -4.92. The number of nitrogens with zero attached hydrogens (tertiary/aromatic N) is 3. The van der Waals surface area contributed by atoms with Gasteiger partial charge in [0, 0.05) is 10.9 Å². The summed E-state index contributed by atoms with van der Waals surface area (Å²) in [4.78, 5) is 6.25. The van der Waals surface area contributed by atoms with Gasteiger partial charge in [-0.3, -0.25) is 9.11 Å². The van der Waals surface area contributed by atoms with Gasteiger partial charge in [-0.25, -0.2) is 4.98 Å². The van der Waals surface area contributed by atoms with Gasteiger partial charge in [-0.1, -0.05) is 36.4 Å². The molecule has 0 saturated heterocycles. The summed E-state index contributed by atoms with van der Waals surface area (Å²) in [5, 5.41) is 19.0. The molecule has 0 aliphatic carbocycles. The fraction of sp³-hybridized carbons (Fsp3) is 0. The highest BCUT2D eigenvalue weighted by Crippen LogP contribution is 2.42. The molecule has 4 N–H and O–H groups in total. The first kappa shape index (κ1) is 25.2. The zero-order chi connectivity index (χ0) is 27.1. The van der Waals surface area contributed by atoms with E-state index in [0.717, 1.165) is 29.2 Å². The molecule has 11 nitrogen and oxygen atoms in total. The average molecular weight is 551 g/mol. The second kappa shape index (κ2) is 9.46. The van der Waals surface area contributed by atoms with Crippen LogP contribution in [-0.4, -0.2) is 41.0 Å². The van der Waals surface area contributed by atoms with E-state index in [1.165, 1.54) is 6.07 Å². The quantitative estimate of drug-likeness (QED) is 0.158. The number of nitrogens with one attached hydrogen (secondary N) is 1. The number of aromatic nitrogens is 2. The summed E-state index contributed by atoms with van der Waals surface area (Å²) >= 11 is 0. The van der Waals surface area contributed by atoms with Gasteiger partial charge in [-0.15, -0.1) is 10.2 Å². The molecule has 0 aliphatic rings. The number of phenols is 1. The maximum atomic E-state index is 11.9. The van der Waals surface area contributed by atoms with Crippen molar-refractivity contribution in [1.29, 1.82) is 0 Å². The van der Waals surface area contributed by atoms with E-state index >= 15 is 0 Å². The minimum absolute atomic E-state index is 0.0300. The molecule has 5 aromatic rings. The molecule has 192 valence electrons. The predicted molar refractivity (Wildman–Crippen MR) is 141 cm³/mol. The number of azo groups is 1. The maximum Gasteiger partial charge on any atom is 0.298 e. The summed E-state index contributed by atoms with van der Waals surface area (Å²) in [5.74, 6) is -0.268. The molecule has 0 fully saturated rings. The number of rotatable bonds is 6. The number of phenolic OH excluding ortho intramolecular Hbond substituents is 1. The van der Waals surface area contributed by atoms with E-state index in [4.69, 9.17) is 0 Å². The van der Waals surface area contributed by atoms with Crippen LogP contribution in [0.25, 0.3) is 34.0 Å². The zero-order valence-corrected chi connectivity index (χ0v) is 20.8. The number of aromatic amines is 1. The molecule has 0 saturated carbocycles. The number of imidazole rings is 1. The van der Waals surface area contributed by atoms with Gasteiger partial charge >= 0.3 is 0 Å². The first-order valence-electron chi connectivity index (χ1n) is 10.9. The Labute approximate surface area is 216 Å². The van der Waals surface area contributed by atoms with Gasteiger partial charge in [0.2, 0.25) is 0 Å². The van der Waals surface area contributed by atoms with E-state index in [1.807, 2.05) is 24.3 Å². The van der Waals surface area contributed by atoms with Gasteiger partial charge in [-0.05, 0) is 53.9 Å². The number of para-hydroxylation sites is 2. The lowest BCUT2D eigenvalue weighted by Crippen LogP contribution is -2.00. The SMILES string of the molecule is O=S(=O)(O)c1ccc2c(N=Nc3ccccc3C=Cc3nc4ccccc4[nH]3)c(O)c(S(=O)(=O)O)cc2c1. The van der Waals surface area contributed by atoms with Crippen LogP contribution in [0.15, 0.2) is 92.8 Å². The fourth-order valence-electron chi connectivity index (χ4n) is 3.83. The van der Waals surface area contributed by atoms with Crippen molar-refractivity contribution < 1.29 is 31.0 Å². The van der Waals surface area contributed by atoms with Crippen LogP contribution < -0.4 is 0 Å². The lowest BCUT2D eigenvalue weighted by molar-refractivity contribution is 0.445. The van der Waals surface area contributed by atoms with Crippen LogP contribution >= 0.6 is 0 Å². The fourth-order valence-corrected chi connectivity index (χ4v) is 4.96. The highest BCUT2D eigenvalue weighted by molar-refractivity contribution is 7.86. The molecule has 38 heavy (non-hydrogen) atoms. The Bertz CT molecular complexity index is 1960. The van der Waals surface area contributed by atoms with Crippen molar-refractivity contribution in [1.82, 2.24) is 9.97 Å². The van der Waals surface area contributed by atoms with E-state index < -0.39 is 35.8 Å². The number of fused-ring (bicyclic) bond motifs is 2. The van der Waals surface area contributed by atoms with E-state index in [1.54, 1.807) is 36.4 Å². The summed E-state index contributed by atoms with van der Waals surface area (Å²) in [7, 11) is -9.53. The molecular formula is C25H18N4O7S2. The molecule has 13 heteroatoms. The van der Waals surface area contributed by atoms with Gasteiger partial charge in [0.15, 0.2) is 5.75 Å². The summed E-state index contributed by atoms with van der Waals surface area (Å²) in [5.41, 5.74) is 2.34. The van der Waals surface area contributed by atoms with Gasteiger partial charge in [0.05, 0.1) is 21.6 Å². The van der Waals surface area contributed by atoms with Crippen LogP contribution in [0.3, 0.4) is 0 Å². The summed E-state index contributed by atoms with van der Waals surface area (Å²) in [6.07, 6.45) is 3.49. The van der Waals surface area contributed by atoms with Crippen molar-refractivity contribution in [3.8, 4) is 5.75 Å². The third-order valence-corrected chi connectivity index (χ3v) is 7.34. The first-order chi connectivity index (χ1) is 18.0. The maximum absolute atomic E-state index is 11.9. The molecule has 0 unspecified atom stereocenters. The van der Waals surface area contributed by atoms with Crippen molar-refractivity contribution in [3.63, 3.8) is 0 Å². The molecule has 0 bridgehead atoms. The molecule has 4 aromatic carbocycles. The van der Waals surface area contributed by atoms with Crippen molar-refractivity contribution in [3.05, 3.63) is 84.2 Å². The lowest BCUT2D eigenvalue weighted by atomic mass is 10.1. The number of hydrogen-bond acceptors (Lipinski definition) is 8. The second-order valence-corrected chi connectivity index (χ2v) is 10.9. The topological polar surface area (TPSA) is 182 Å². The van der Waals surface area contributed by atoms with Crippen LogP contribution in [0.4, 0.5) is 11.4 Å². The lowest BCUT2D eigenvalue weighted by Gasteiger charge is -2.09. The molecule has 0 spiro atoms. The standard InChI is InChI=1S/C25H18N4O7S2/c30-25-22(38(34,35)36)14-16-13-17(37(31,32)33)10-11-18(16)24(25)29-28-19-6-2-1-5-15(19)9-12-23-26-20-7-3-4-8-21(20)27-23/h1-14,30H,(H,26,27)(H,31,32,33)(H,34,35,36). The molecule has 1 heterocycles. The second-order valence-electron chi connectivity index (χ2n) is 8.14. The number of aromatic hydroxyl groups is 1. The van der Waals surface area contributed by atoms with Gasteiger partial charge in [-0.2, -0.15) is 16.8 Å². The van der Waals surface area contributed by atoms with Crippen molar-refractivity contribution in [2.24, 2.45) is 10.2 Å². The number of H-pyrrole nitrogens is 1. The van der Waals surface area contributed by atoms with Gasteiger partial charge in [0.1, 0.15) is 16.4 Å². The Kier molecular flexibility index (Phi) is 6.28. The van der Waals surface area contributed by atoms with Crippen LogP contribution in [0, 0.1) is 0 Å². The molecule has 0 amide bonds. The predicted octanol–water partition coefficient (Wildman–Crippen LogP) is 5.50. The Morgan fingerprint density at radius 2 is 1.55 bits per heavy atom.